The average molecular weight is 442 g/mol. The Balaban J connectivity index is 1.42. The molecule has 0 unspecified atom stereocenters. The Morgan fingerprint density at radius 1 is 0.900 bits per heavy atom. The Morgan fingerprint density at radius 3 is 1.90 bits per heavy atom. The highest BCUT2D eigenvalue weighted by atomic mass is 32.2. The molecule has 0 amide bonds. The molecule has 4 fully saturated rings. The van der Waals surface area contributed by atoms with Gasteiger partial charge in [-0.3, -0.25) is 4.31 Å². The van der Waals surface area contributed by atoms with E-state index in [0.717, 1.165) is 28.3 Å². The predicted octanol–water partition coefficient (Wildman–Crippen LogP) is 6.09. The molecule has 3 nitrogen and oxygen atoms in total. The Bertz CT molecular complexity index is 977. The largest absolute Gasteiger partial charge is 0.267 e. The highest BCUT2D eigenvalue weighted by Gasteiger charge is 2.51. The van der Waals surface area contributed by atoms with E-state index in [1.54, 1.807) is 23.9 Å². The molecular formula is C25H31NO2S2. The maximum absolute atomic E-state index is 13.3. The van der Waals surface area contributed by atoms with Gasteiger partial charge in [-0.1, -0.05) is 12.1 Å². The Labute approximate surface area is 185 Å². The maximum atomic E-state index is 13.3. The quantitative estimate of drug-likeness (QED) is 0.509. The minimum atomic E-state index is -3.56. The van der Waals surface area contributed by atoms with Crippen LogP contribution in [0.15, 0.2) is 58.3 Å². The fourth-order valence-corrected chi connectivity index (χ4v) is 8.69. The van der Waals surface area contributed by atoms with Gasteiger partial charge in [-0.15, -0.1) is 11.8 Å². The number of nitrogens with zero attached hydrogens (tertiary/aromatic N) is 1. The van der Waals surface area contributed by atoms with Crippen molar-refractivity contribution in [3.05, 3.63) is 54.1 Å². The van der Waals surface area contributed by atoms with E-state index in [4.69, 9.17) is 0 Å². The van der Waals surface area contributed by atoms with Crippen molar-refractivity contribution >= 4 is 27.5 Å². The topological polar surface area (TPSA) is 37.4 Å². The molecule has 2 aromatic rings. The van der Waals surface area contributed by atoms with Crippen molar-refractivity contribution in [3.63, 3.8) is 0 Å². The van der Waals surface area contributed by atoms with Crippen LogP contribution in [-0.2, 0) is 15.4 Å². The summed E-state index contributed by atoms with van der Waals surface area (Å²) in [7, 11) is -3.56. The van der Waals surface area contributed by atoms with Gasteiger partial charge in [0.25, 0.3) is 10.0 Å². The lowest BCUT2D eigenvalue weighted by Gasteiger charge is -2.57. The number of hydrogen-bond donors (Lipinski definition) is 0. The standard InChI is InChI=1S/C25H31NO2S2/c1-3-26(30(27,28)24-10-8-23(29-2)9-11-24)22-6-4-21(5-7-22)25-15-18-12-19(16-25)14-20(13-18)17-25/h4-11,18-20H,3,12-17H2,1-2H3. The van der Waals surface area contributed by atoms with Crippen LogP contribution in [0.3, 0.4) is 0 Å². The van der Waals surface area contributed by atoms with Crippen LogP contribution < -0.4 is 4.31 Å². The first kappa shape index (κ1) is 20.4. The zero-order valence-electron chi connectivity index (χ0n) is 17.9. The van der Waals surface area contributed by atoms with E-state index in [2.05, 4.69) is 12.1 Å². The van der Waals surface area contributed by atoms with E-state index in [0.29, 0.717) is 16.9 Å². The number of hydrogen-bond acceptors (Lipinski definition) is 3. The molecule has 6 rings (SSSR count). The molecule has 0 atom stereocenters. The van der Waals surface area contributed by atoms with Crippen LogP contribution >= 0.6 is 11.8 Å². The Hall–Kier alpha value is -1.46. The molecular weight excluding hydrogens is 410 g/mol. The van der Waals surface area contributed by atoms with Gasteiger partial charge >= 0.3 is 0 Å². The van der Waals surface area contributed by atoms with E-state index in [1.165, 1.54) is 48.4 Å². The van der Waals surface area contributed by atoms with E-state index >= 15 is 0 Å². The van der Waals surface area contributed by atoms with Gasteiger partial charge in [-0.05, 0) is 117 Å². The average Bonchev–Trinajstić information content (AvgIpc) is 2.73. The highest BCUT2D eigenvalue weighted by molar-refractivity contribution is 7.98. The van der Waals surface area contributed by atoms with Crippen molar-refractivity contribution in [1.82, 2.24) is 0 Å². The van der Waals surface area contributed by atoms with Crippen LogP contribution in [0.4, 0.5) is 5.69 Å². The molecule has 0 spiro atoms. The van der Waals surface area contributed by atoms with Gasteiger partial charge in [0.1, 0.15) is 0 Å². The fourth-order valence-electron chi connectivity index (χ4n) is 6.81. The van der Waals surface area contributed by atoms with Crippen molar-refractivity contribution in [3.8, 4) is 0 Å². The van der Waals surface area contributed by atoms with Crippen LogP contribution in [0.1, 0.15) is 51.0 Å². The minimum Gasteiger partial charge on any atom is -0.267 e. The minimum absolute atomic E-state index is 0.344. The molecule has 0 heterocycles. The maximum Gasteiger partial charge on any atom is 0.264 e. The summed E-state index contributed by atoms with van der Waals surface area (Å²) in [6.07, 6.45) is 10.3. The second kappa shape index (κ2) is 7.59. The lowest BCUT2D eigenvalue weighted by Crippen LogP contribution is -2.48. The zero-order valence-corrected chi connectivity index (χ0v) is 19.5. The summed E-state index contributed by atoms with van der Waals surface area (Å²) in [4.78, 5) is 1.42. The van der Waals surface area contributed by atoms with Crippen molar-refractivity contribution in [2.45, 2.75) is 60.7 Å². The van der Waals surface area contributed by atoms with Crippen molar-refractivity contribution < 1.29 is 8.42 Å². The predicted molar refractivity (Wildman–Crippen MR) is 125 cm³/mol. The van der Waals surface area contributed by atoms with Crippen LogP contribution in [0, 0.1) is 17.8 Å². The summed E-state index contributed by atoms with van der Waals surface area (Å²) in [6.45, 7) is 2.32. The molecule has 4 aliphatic rings. The summed E-state index contributed by atoms with van der Waals surface area (Å²) in [5.41, 5.74) is 2.54. The normalized spacial score (nSPS) is 29.9. The van der Waals surface area contributed by atoms with Crippen LogP contribution in [-0.4, -0.2) is 21.2 Å². The summed E-state index contributed by atoms with van der Waals surface area (Å²) >= 11 is 1.62. The van der Waals surface area contributed by atoms with Crippen LogP contribution in [0.2, 0.25) is 0 Å². The van der Waals surface area contributed by atoms with Crippen molar-refractivity contribution in [2.24, 2.45) is 17.8 Å². The summed E-state index contributed by atoms with van der Waals surface area (Å²) in [6, 6.07) is 15.7. The molecule has 0 N–H and O–H groups in total. The molecule has 160 valence electrons. The van der Waals surface area contributed by atoms with Crippen LogP contribution in [0.25, 0.3) is 0 Å². The Morgan fingerprint density at radius 2 is 1.43 bits per heavy atom. The molecule has 30 heavy (non-hydrogen) atoms. The molecule has 2 aromatic carbocycles. The monoisotopic (exact) mass is 441 g/mol. The van der Waals surface area contributed by atoms with Crippen molar-refractivity contribution in [1.29, 1.82) is 0 Å². The summed E-state index contributed by atoms with van der Waals surface area (Å²) in [5, 5.41) is 0. The highest BCUT2D eigenvalue weighted by Crippen LogP contribution is 2.60. The summed E-state index contributed by atoms with van der Waals surface area (Å²) < 4.78 is 28.1. The fraction of sp³-hybridized carbons (Fsp3) is 0.520. The third kappa shape index (κ3) is 3.38. The van der Waals surface area contributed by atoms with Gasteiger partial charge in [-0.25, -0.2) is 8.42 Å². The Kier molecular flexibility index (Phi) is 5.18. The number of anilines is 1. The SMILES string of the molecule is CCN(c1ccc(C23CC4CC(CC(C4)C2)C3)cc1)S(=O)(=O)c1ccc(SC)cc1. The zero-order chi connectivity index (χ0) is 20.9. The lowest BCUT2D eigenvalue weighted by atomic mass is 9.48. The van der Waals surface area contributed by atoms with E-state index < -0.39 is 10.0 Å². The number of rotatable bonds is 6. The molecule has 4 saturated carbocycles. The van der Waals surface area contributed by atoms with E-state index in [9.17, 15) is 8.42 Å². The molecule has 0 radical (unpaired) electrons. The number of thioether (sulfide) groups is 1. The number of sulfonamides is 1. The van der Waals surface area contributed by atoms with E-state index in [1.807, 2.05) is 37.4 Å². The second-order valence-electron chi connectivity index (χ2n) is 9.59. The molecule has 0 saturated heterocycles. The van der Waals surface area contributed by atoms with Gasteiger partial charge in [0.15, 0.2) is 0 Å². The smallest absolute Gasteiger partial charge is 0.264 e. The molecule has 0 aromatic heterocycles. The second-order valence-corrected chi connectivity index (χ2v) is 12.3. The first-order chi connectivity index (χ1) is 14.4. The molecule has 4 aliphatic carbocycles. The van der Waals surface area contributed by atoms with Gasteiger partial charge in [0, 0.05) is 11.4 Å². The first-order valence-electron chi connectivity index (χ1n) is 11.2. The first-order valence-corrected chi connectivity index (χ1v) is 13.9. The molecule has 4 bridgehead atoms. The summed E-state index contributed by atoms with van der Waals surface area (Å²) in [5.74, 6) is 2.73. The third-order valence-electron chi connectivity index (χ3n) is 7.74. The van der Waals surface area contributed by atoms with Gasteiger partial charge in [0.05, 0.1) is 10.6 Å². The number of benzene rings is 2. The third-order valence-corrected chi connectivity index (χ3v) is 10.4. The van der Waals surface area contributed by atoms with Crippen LogP contribution in [0.5, 0.6) is 0 Å². The van der Waals surface area contributed by atoms with Crippen molar-refractivity contribution in [2.75, 3.05) is 17.1 Å². The van der Waals surface area contributed by atoms with E-state index in [-0.39, 0.29) is 0 Å². The van der Waals surface area contributed by atoms with Gasteiger partial charge < -0.3 is 0 Å². The van der Waals surface area contributed by atoms with Gasteiger partial charge in [0.2, 0.25) is 0 Å². The molecule has 0 aliphatic heterocycles. The lowest BCUT2D eigenvalue weighted by molar-refractivity contribution is -0.00518. The molecule has 5 heteroatoms. The van der Waals surface area contributed by atoms with Gasteiger partial charge in [-0.2, -0.15) is 0 Å².